The monoisotopic (exact) mass is 354 g/mol. The molecular formula is C15H23BrN4O. The lowest BCUT2D eigenvalue weighted by molar-refractivity contribution is 0.0793. The average Bonchev–Trinajstić information content (AvgIpc) is 2.49. The lowest BCUT2D eigenvalue weighted by atomic mass is 10.00. The average molecular weight is 355 g/mol. The smallest absolute Gasteiger partial charge is 0.159 e. The van der Waals surface area contributed by atoms with Crippen LogP contribution in [0.5, 0.6) is 0 Å². The number of oxime groups is 1. The second kappa shape index (κ2) is 6.77. The summed E-state index contributed by atoms with van der Waals surface area (Å²) in [6.45, 7) is 8.70. The molecule has 1 aliphatic heterocycles. The molecule has 0 unspecified atom stereocenters. The van der Waals surface area contributed by atoms with Crippen LogP contribution in [-0.4, -0.2) is 52.6 Å². The highest BCUT2D eigenvalue weighted by Gasteiger charge is 2.33. The van der Waals surface area contributed by atoms with Gasteiger partial charge in [-0.25, -0.2) is 0 Å². The first-order valence-electron chi connectivity index (χ1n) is 7.14. The standard InChI is InChI=1S/C15H23BrN4O/c1-15(2,14(17)18-21)20-9-7-19(8-10-20)11-12-5-3-4-6-13(12)16/h3-6,21H,7-11H2,1-2H3,(H2,17,18). The second-order valence-electron chi connectivity index (χ2n) is 5.90. The molecule has 1 aliphatic rings. The Morgan fingerprint density at radius 2 is 1.90 bits per heavy atom. The summed E-state index contributed by atoms with van der Waals surface area (Å²) in [4.78, 5) is 4.69. The first-order valence-corrected chi connectivity index (χ1v) is 7.93. The van der Waals surface area contributed by atoms with Crippen molar-refractivity contribution in [2.75, 3.05) is 26.2 Å². The normalized spacial score (nSPS) is 18.9. The summed E-state index contributed by atoms with van der Waals surface area (Å²) < 4.78 is 1.16. The third-order valence-electron chi connectivity index (χ3n) is 4.25. The molecule has 2 rings (SSSR count). The van der Waals surface area contributed by atoms with Crippen molar-refractivity contribution in [1.29, 1.82) is 0 Å². The highest BCUT2D eigenvalue weighted by molar-refractivity contribution is 9.10. The molecule has 0 radical (unpaired) electrons. The van der Waals surface area contributed by atoms with Crippen LogP contribution in [0.25, 0.3) is 0 Å². The number of piperazine rings is 1. The van der Waals surface area contributed by atoms with Crippen LogP contribution in [0.3, 0.4) is 0 Å². The van der Waals surface area contributed by atoms with Gasteiger partial charge in [0.1, 0.15) is 0 Å². The number of halogens is 1. The van der Waals surface area contributed by atoms with Gasteiger partial charge >= 0.3 is 0 Å². The molecule has 0 atom stereocenters. The Morgan fingerprint density at radius 1 is 1.29 bits per heavy atom. The molecule has 5 nitrogen and oxygen atoms in total. The molecule has 0 aliphatic carbocycles. The Bertz CT molecular complexity index is 510. The van der Waals surface area contributed by atoms with E-state index in [-0.39, 0.29) is 5.84 Å². The van der Waals surface area contributed by atoms with Crippen LogP contribution in [0.2, 0.25) is 0 Å². The quantitative estimate of drug-likeness (QED) is 0.376. The second-order valence-corrected chi connectivity index (χ2v) is 6.75. The van der Waals surface area contributed by atoms with E-state index in [0.29, 0.717) is 0 Å². The Morgan fingerprint density at radius 3 is 2.48 bits per heavy atom. The number of amidine groups is 1. The fourth-order valence-corrected chi connectivity index (χ4v) is 3.03. The van der Waals surface area contributed by atoms with Crippen LogP contribution in [0, 0.1) is 0 Å². The van der Waals surface area contributed by atoms with Crippen molar-refractivity contribution in [3.8, 4) is 0 Å². The Kier molecular flexibility index (Phi) is 5.24. The predicted octanol–water partition coefficient (Wildman–Crippen LogP) is 2.09. The molecule has 0 spiro atoms. The van der Waals surface area contributed by atoms with Gasteiger partial charge in [-0.15, -0.1) is 0 Å². The molecule has 0 aromatic heterocycles. The minimum absolute atomic E-state index is 0.266. The lowest BCUT2D eigenvalue weighted by Gasteiger charge is -2.43. The van der Waals surface area contributed by atoms with Gasteiger partial charge in [-0.1, -0.05) is 39.3 Å². The van der Waals surface area contributed by atoms with Gasteiger partial charge in [-0.3, -0.25) is 9.80 Å². The molecule has 21 heavy (non-hydrogen) atoms. The van der Waals surface area contributed by atoms with Gasteiger partial charge in [0.25, 0.3) is 0 Å². The fraction of sp³-hybridized carbons (Fsp3) is 0.533. The van der Waals surface area contributed by atoms with Crippen LogP contribution >= 0.6 is 15.9 Å². The molecule has 1 saturated heterocycles. The molecule has 116 valence electrons. The van der Waals surface area contributed by atoms with Gasteiger partial charge < -0.3 is 10.9 Å². The molecule has 1 aromatic rings. The highest BCUT2D eigenvalue weighted by atomic mass is 79.9. The fourth-order valence-electron chi connectivity index (χ4n) is 2.62. The summed E-state index contributed by atoms with van der Waals surface area (Å²) in [6.07, 6.45) is 0. The Hall–Kier alpha value is -1.11. The maximum absolute atomic E-state index is 8.90. The van der Waals surface area contributed by atoms with Gasteiger partial charge in [-0.2, -0.15) is 0 Å². The van der Waals surface area contributed by atoms with Crippen molar-refractivity contribution in [3.05, 3.63) is 34.3 Å². The SMILES string of the molecule is CC(C)(C(N)=NO)N1CCN(Cc2ccccc2Br)CC1. The first-order chi connectivity index (χ1) is 9.95. The van der Waals surface area contributed by atoms with Crippen LogP contribution in [0.1, 0.15) is 19.4 Å². The van der Waals surface area contributed by atoms with E-state index >= 15 is 0 Å². The highest BCUT2D eigenvalue weighted by Crippen LogP contribution is 2.21. The van der Waals surface area contributed by atoms with Crippen LogP contribution in [0.4, 0.5) is 0 Å². The Balaban J connectivity index is 1.93. The molecule has 1 heterocycles. The van der Waals surface area contributed by atoms with Crippen molar-refractivity contribution in [1.82, 2.24) is 9.80 Å². The number of benzene rings is 1. The van der Waals surface area contributed by atoms with E-state index in [2.05, 4.69) is 49.1 Å². The van der Waals surface area contributed by atoms with E-state index in [0.717, 1.165) is 37.2 Å². The summed E-state index contributed by atoms with van der Waals surface area (Å²) >= 11 is 3.60. The molecule has 1 fully saturated rings. The molecule has 0 saturated carbocycles. The van der Waals surface area contributed by atoms with Gasteiger partial charge in [0, 0.05) is 37.2 Å². The van der Waals surface area contributed by atoms with E-state index in [1.54, 1.807) is 0 Å². The predicted molar refractivity (Wildman–Crippen MR) is 88.5 cm³/mol. The third kappa shape index (κ3) is 3.75. The summed E-state index contributed by atoms with van der Waals surface area (Å²) in [5.41, 5.74) is 6.70. The zero-order chi connectivity index (χ0) is 15.5. The molecule has 6 heteroatoms. The van der Waals surface area contributed by atoms with Crippen molar-refractivity contribution in [3.63, 3.8) is 0 Å². The van der Waals surface area contributed by atoms with Gasteiger partial charge in [0.05, 0.1) is 5.54 Å². The molecule has 0 amide bonds. The third-order valence-corrected chi connectivity index (χ3v) is 5.02. The van der Waals surface area contributed by atoms with E-state index in [9.17, 15) is 0 Å². The van der Waals surface area contributed by atoms with Crippen molar-refractivity contribution in [2.45, 2.75) is 25.9 Å². The van der Waals surface area contributed by atoms with Crippen molar-refractivity contribution < 1.29 is 5.21 Å². The number of rotatable bonds is 4. The summed E-state index contributed by atoms with van der Waals surface area (Å²) in [5.74, 6) is 0.266. The number of hydrogen-bond acceptors (Lipinski definition) is 4. The van der Waals surface area contributed by atoms with Crippen molar-refractivity contribution >= 4 is 21.8 Å². The zero-order valence-corrected chi connectivity index (χ0v) is 14.2. The van der Waals surface area contributed by atoms with E-state index < -0.39 is 5.54 Å². The summed E-state index contributed by atoms with van der Waals surface area (Å²) in [7, 11) is 0. The van der Waals surface area contributed by atoms with E-state index in [1.807, 2.05) is 19.9 Å². The molecule has 1 aromatic carbocycles. The van der Waals surface area contributed by atoms with E-state index in [1.165, 1.54) is 5.56 Å². The zero-order valence-electron chi connectivity index (χ0n) is 12.6. The summed E-state index contributed by atoms with van der Waals surface area (Å²) in [6, 6.07) is 8.33. The van der Waals surface area contributed by atoms with Gasteiger partial charge in [-0.05, 0) is 25.5 Å². The van der Waals surface area contributed by atoms with E-state index in [4.69, 9.17) is 10.9 Å². The van der Waals surface area contributed by atoms with Crippen LogP contribution in [-0.2, 0) is 6.54 Å². The first kappa shape index (κ1) is 16.3. The van der Waals surface area contributed by atoms with Crippen LogP contribution in [0.15, 0.2) is 33.9 Å². The molecular weight excluding hydrogens is 332 g/mol. The number of nitrogens with zero attached hydrogens (tertiary/aromatic N) is 3. The number of nitrogens with two attached hydrogens (primary N) is 1. The van der Waals surface area contributed by atoms with Gasteiger partial charge in [0.2, 0.25) is 0 Å². The minimum Gasteiger partial charge on any atom is -0.409 e. The lowest BCUT2D eigenvalue weighted by Crippen LogP contribution is -2.59. The topological polar surface area (TPSA) is 65.1 Å². The largest absolute Gasteiger partial charge is 0.409 e. The molecule has 3 N–H and O–H groups in total. The minimum atomic E-state index is -0.409. The maximum Gasteiger partial charge on any atom is 0.159 e. The summed E-state index contributed by atoms with van der Waals surface area (Å²) in [5, 5.41) is 12.1. The molecule has 0 bridgehead atoms. The Labute approximate surface area is 134 Å². The maximum atomic E-state index is 8.90. The van der Waals surface area contributed by atoms with Crippen molar-refractivity contribution in [2.24, 2.45) is 10.9 Å². The number of hydrogen-bond donors (Lipinski definition) is 2. The van der Waals surface area contributed by atoms with Gasteiger partial charge in [0.15, 0.2) is 5.84 Å². The van der Waals surface area contributed by atoms with Crippen LogP contribution < -0.4 is 5.73 Å².